The van der Waals surface area contributed by atoms with Crippen LogP contribution in [0.5, 0.6) is 0 Å². The summed E-state index contributed by atoms with van der Waals surface area (Å²) in [5.74, 6) is 1.50. The van der Waals surface area contributed by atoms with Crippen LogP contribution in [0, 0.1) is 0 Å². The van der Waals surface area contributed by atoms with Gasteiger partial charge in [-0.15, -0.1) is 10.2 Å². The molecule has 0 N–H and O–H groups in total. The summed E-state index contributed by atoms with van der Waals surface area (Å²) >= 11 is 0. The van der Waals surface area contributed by atoms with Gasteiger partial charge in [0, 0.05) is 32.1 Å². The van der Waals surface area contributed by atoms with Crippen molar-refractivity contribution in [2.24, 2.45) is 0 Å². The fourth-order valence-electron chi connectivity index (χ4n) is 3.52. The van der Waals surface area contributed by atoms with Crippen LogP contribution in [0.1, 0.15) is 37.1 Å². The van der Waals surface area contributed by atoms with Crippen molar-refractivity contribution in [3.05, 3.63) is 48.0 Å². The zero-order valence-corrected chi connectivity index (χ0v) is 15.1. The van der Waals surface area contributed by atoms with E-state index in [1.807, 2.05) is 30.1 Å². The summed E-state index contributed by atoms with van der Waals surface area (Å²) < 4.78 is 2.08. The van der Waals surface area contributed by atoms with E-state index in [2.05, 4.69) is 38.7 Å². The first-order chi connectivity index (χ1) is 12.2. The third-order valence-electron chi connectivity index (χ3n) is 4.83. The lowest BCUT2D eigenvalue weighted by molar-refractivity contribution is -0.133. The highest BCUT2D eigenvalue weighted by atomic mass is 16.2. The number of nitrogens with zero attached hydrogens (tertiary/aromatic N) is 5. The molecule has 0 spiro atoms. The SMILES string of the molecule is CCn1cnnc1C1CCCN(C(=O)CN(C)Cc2ccccc2)C1. The van der Waals surface area contributed by atoms with Crippen molar-refractivity contribution in [2.45, 2.75) is 38.8 Å². The van der Waals surface area contributed by atoms with E-state index in [-0.39, 0.29) is 5.91 Å². The summed E-state index contributed by atoms with van der Waals surface area (Å²) in [7, 11) is 2.00. The topological polar surface area (TPSA) is 54.3 Å². The van der Waals surface area contributed by atoms with Gasteiger partial charge in [0.05, 0.1) is 6.54 Å². The second kappa shape index (κ2) is 8.25. The molecule has 3 rings (SSSR count). The molecule has 1 aliphatic heterocycles. The highest BCUT2D eigenvalue weighted by Gasteiger charge is 2.28. The number of carbonyl (C=O) groups excluding carboxylic acids is 1. The number of aromatic nitrogens is 3. The quantitative estimate of drug-likeness (QED) is 0.808. The van der Waals surface area contributed by atoms with Crippen LogP contribution in [0.4, 0.5) is 0 Å². The Balaban J connectivity index is 1.56. The molecular formula is C19H27N5O. The zero-order chi connectivity index (χ0) is 17.6. The molecule has 2 aromatic rings. The smallest absolute Gasteiger partial charge is 0.236 e. The number of rotatable bonds is 6. The van der Waals surface area contributed by atoms with Crippen LogP contribution in [-0.4, -0.2) is 57.2 Å². The maximum absolute atomic E-state index is 12.7. The third-order valence-corrected chi connectivity index (χ3v) is 4.83. The lowest BCUT2D eigenvalue weighted by Gasteiger charge is -2.33. The van der Waals surface area contributed by atoms with Gasteiger partial charge in [0.1, 0.15) is 12.2 Å². The van der Waals surface area contributed by atoms with Crippen LogP contribution < -0.4 is 0 Å². The maximum atomic E-state index is 12.7. The third kappa shape index (κ3) is 4.45. The first-order valence-corrected chi connectivity index (χ1v) is 9.05. The Bertz CT molecular complexity index is 684. The summed E-state index contributed by atoms with van der Waals surface area (Å²) in [5.41, 5.74) is 1.23. The van der Waals surface area contributed by atoms with E-state index in [9.17, 15) is 4.79 Å². The number of hydrogen-bond acceptors (Lipinski definition) is 4. The summed E-state index contributed by atoms with van der Waals surface area (Å²) in [6.07, 6.45) is 3.88. The molecule has 1 atom stereocenters. The van der Waals surface area contributed by atoms with Crippen molar-refractivity contribution in [2.75, 3.05) is 26.7 Å². The van der Waals surface area contributed by atoms with Crippen molar-refractivity contribution >= 4 is 5.91 Å². The number of benzene rings is 1. The minimum atomic E-state index is 0.200. The van der Waals surface area contributed by atoms with Gasteiger partial charge < -0.3 is 9.47 Å². The van der Waals surface area contributed by atoms with Crippen molar-refractivity contribution in [1.29, 1.82) is 0 Å². The molecule has 6 nitrogen and oxygen atoms in total. The first kappa shape index (κ1) is 17.6. The molecule has 134 valence electrons. The van der Waals surface area contributed by atoms with Crippen molar-refractivity contribution in [3.8, 4) is 0 Å². The van der Waals surface area contributed by atoms with Crippen LogP contribution in [0.15, 0.2) is 36.7 Å². The molecule has 0 saturated carbocycles. The summed E-state index contributed by atoms with van der Waals surface area (Å²) in [4.78, 5) is 16.8. The summed E-state index contributed by atoms with van der Waals surface area (Å²) in [6.45, 7) is 5.78. The zero-order valence-electron chi connectivity index (χ0n) is 15.1. The minimum absolute atomic E-state index is 0.200. The van der Waals surface area contributed by atoms with E-state index in [0.717, 1.165) is 44.8 Å². The molecule has 1 unspecified atom stereocenters. The van der Waals surface area contributed by atoms with Gasteiger partial charge in [-0.1, -0.05) is 30.3 Å². The molecule has 2 heterocycles. The van der Waals surface area contributed by atoms with Crippen molar-refractivity contribution in [1.82, 2.24) is 24.6 Å². The van der Waals surface area contributed by atoms with Gasteiger partial charge in [-0.3, -0.25) is 9.69 Å². The molecular weight excluding hydrogens is 314 g/mol. The Kier molecular flexibility index (Phi) is 5.81. The molecule has 1 saturated heterocycles. The largest absolute Gasteiger partial charge is 0.341 e. The first-order valence-electron chi connectivity index (χ1n) is 9.05. The molecule has 1 aromatic carbocycles. The van der Waals surface area contributed by atoms with Crippen LogP contribution in [-0.2, 0) is 17.9 Å². The Morgan fingerprint density at radius 1 is 1.32 bits per heavy atom. The standard InChI is InChI=1S/C19H27N5O/c1-3-23-15-20-21-19(23)17-10-7-11-24(13-17)18(25)14-22(2)12-16-8-5-4-6-9-16/h4-6,8-9,15,17H,3,7,10-14H2,1-2H3. The number of likely N-dealkylation sites (N-methyl/N-ethyl adjacent to an activating group) is 1. The van der Waals surface area contributed by atoms with Gasteiger partial charge >= 0.3 is 0 Å². The van der Waals surface area contributed by atoms with Gasteiger partial charge in [-0.2, -0.15) is 0 Å². The number of aryl methyl sites for hydroxylation is 1. The molecule has 1 amide bonds. The van der Waals surface area contributed by atoms with E-state index in [4.69, 9.17) is 0 Å². The van der Waals surface area contributed by atoms with Gasteiger partial charge in [0.25, 0.3) is 0 Å². The number of amides is 1. The number of piperidine rings is 1. The van der Waals surface area contributed by atoms with Crippen LogP contribution in [0.25, 0.3) is 0 Å². The summed E-state index contributed by atoms with van der Waals surface area (Å²) in [5, 5.41) is 8.32. The molecule has 1 aliphatic rings. The Hall–Kier alpha value is -2.21. The number of hydrogen-bond donors (Lipinski definition) is 0. The monoisotopic (exact) mass is 341 g/mol. The van der Waals surface area contributed by atoms with Crippen LogP contribution in [0.2, 0.25) is 0 Å². The second-order valence-corrected chi connectivity index (χ2v) is 6.81. The molecule has 0 aliphatic carbocycles. The van der Waals surface area contributed by atoms with Gasteiger partial charge in [0.2, 0.25) is 5.91 Å². The van der Waals surface area contributed by atoms with Crippen LogP contribution >= 0.6 is 0 Å². The van der Waals surface area contributed by atoms with E-state index in [0.29, 0.717) is 12.5 Å². The lowest BCUT2D eigenvalue weighted by atomic mass is 9.97. The predicted octanol–water partition coefficient (Wildman–Crippen LogP) is 2.14. The molecule has 0 bridgehead atoms. The average molecular weight is 341 g/mol. The number of likely N-dealkylation sites (tertiary alicyclic amines) is 1. The molecule has 1 fully saturated rings. The number of carbonyl (C=O) groups is 1. The molecule has 6 heteroatoms. The fourth-order valence-corrected chi connectivity index (χ4v) is 3.52. The molecule has 1 aromatic heterocycles. The highest BCUT2D eigenvalue weighted by Crippen LogP contribution is 2.25. The predicted molar refractivity (Wildman–Crippen MR) is 97.0 cm³/mol. The normalized spacial score (nSPS) is 17.9. The van der Waals surface area contributed by atoms with Crippen molar-refractivity contribution < 1.29 is 4.79 Å². The van der Waals surface area contributed by atoms with Gasteiger partial charge in [0.15, 0.2) is 0 Å². The fraction of sp³-hybridized carbons (Fsp3) is 0.526. The van der Waals surface area contributed by atoms with Gasteiger partial charge in [-0.05, 0) is 32.4 Å². The molecule has 0 radical (unpaired) electrons. The van der Waals surface area contributed by atoms with E-state index >= 15 is 0 Å². The van der Waals surface area contributed by atoms with E-state index in [1.54, 1.807) is 6.33 Å². The molecule has 25 heavy (non-hydrogen) atoms. The Labute approximate surface area is 149 Å². The second-order valence-electron chi connectivity index (χ2n) is 6.81. The Morgan fingerprint density at radius 3 is 2.88 bits per heavy atom. The van der Waals surface area contributed by atoms with E-state index in [1.165, 1.54) is 5.56 Å². The minimum Gasteiger partial charge on any atom is -0.341 e. The summed E-state index contributed by atoms with van der Waals surface area (Å²) in [6, 6.07) is 10.3. The van der Waals surface area contributed by atoms with Gasteiger partial charge in [-0.25, -0.2) is 0 Å². The Morgan fingerprint density at radius 2 is 2.12 bits per heavy atom. The van der Waals surface area contributed by atoms with Crippen LogP contribution in [0.3, 0.4) is 0 Å². The van der Waals surface area contributed by atoms with Crippen molar-refractivity contribution in [3.63, 3.8) is 0 Å². The maximum Gasteiger partial charge on any atom is 0.236 e. The van der Waals surface area contributed by atoms with E-state index < -0.39 is 0 Å². The lowest BCUT2D eigenvalue weighted by Crippen LogP contribution is -2.44. The highest BCUT2D eigenvalue weighted by molar-refractivity contribution is 5.78. The average Bonchev–Trinajstić information content (AvgIpc) is 3.11.